The maximum Gasteiger partial charge on any atom is 0.245 e. The van der Waals surface area contributed by atoms with E-state index in [1.54, 1.807) is 0 Å². The second-order valence-corrected chi connectivity index (χ2v) is 9.24. The van der Waals surface area contributed by atoms with E-state index < -0.39 is 6.04 Å². The molecule has 0 aromatic heterocycles. The number of halogens is 1. The van der Waals surface area contributed by atoms with Crippen LogP contribution in [0.4, 0.5) is 0 Å². The van der Waals surface area contributed by atoms with Crippen molar-refractivity contribution in [3.05, 3.63) is 34.9 Å². The molecule has 0 spiro atoms. The third kappa shape index (κ3) is 4.69. The molecular formula is C22H32ClN3O2. The first-order valence-electron chi connectivity index (χ1n) is 10.4. The number of piperidine rings is 1. The summed E-state index contributed by atoms with van der Waals surface area (Å²) < 4.78 is 0. The van der Waals surface area contributed by atoms with E-state index in [4.69, 9.17) is 11.6 Å². The van der Waals surface area contributed by atoms with Crippen LogP contribution in [0.1, 0.15) is 51.5 Å². The van der Waals surface area contributed by atoms with Gasteiger partial charge in [0.2, 0.25) is 11.8 Å². The van der Waals surface area contributed by atoms with Gasteiger partial charge in [0.25, 0.3) is 0 Å². The molecule has 6 heteroatoms. The lowest BCUT2D eigenvalue weighted by atomic mass is 9.70. The van der Waals surface area contributed by atoms with Gasteiger partial charge in [-0.2, -0.15) is 0 Å². The molecule has 2 amide bonds. The Morgan fingerprint density at radius 1 is 1.29 bits per heavy atom. The SMILES string of the molecule is CC[C@@H](NC(=O)[C@@H]1CCNC1)C(=O)N1CCC(c2ccc(Cl)cc2)C(C)(C)C1. The molecule has 1 aromatic carbocycles. The normalized spacial score (nSPS) is 25.4. The van der Waals surface area contributed by atoms with Gasteiger partial charge in [0.05, 0.1) is 5.92 Å². The second-order valence-electron chi connectivity index (χ2n) is 8.80. The quantitative estimate of drug-likeness (QED) is 0.790. The van der Waals surface area contributed by atoms with Crippen LogP contribution >= 0.6 is 11.6 Å². The molecule has 2 aliphatic heterocycles. The zero-order valence-corrected chi connectivity index (χ0v) is 17.9. The van der Waals surface area contributed by atoms with E-state index >= 15 is 0 Å². The number of nitrogens with zero attached hydrogens (tertiary/aromatic N) is 1. The summed E-state index contributed by atoms with van der Waals surface area (Å²) in [6.45, 7) is 9.38. The molecule has 1 unspecified atom stereocenters. The lowest BCUT2D eigenvalue weighted by Crippen LogP contribution is -2.54. The molecule has 0 radical (unpaired) electrons. The molecule has 3 atom stereocenters. The smallest absolute Gasteiger partial charge is 0.245 e. The largest absolute Gasteiger partial charge is 0.344 e. The van der Waals surface area contributed by atoms with E-state index in [0.717, 1.165) is 24.4 Å². The molecule has 154 valence electrons. The lowest BCUT2D eigenvalue weighted by molar-refractivity contribution is -0.140. The van der Waals surface area contributed by atoms with Crippen molar-refractivity contribution in [2.24, 2.45) is 11.3 Å². The summed E-state index contributed by atoms with van der Waals surface area (Å²) in [6.07, 6.45) is 2.37. The van der Waals surface area contributed by atoms with Crippen LogP contribution in [0.2, 0.25) is 5.02 Å². The highest BCUT2D eigenvalue weighted by atomic mass is 35.5. The molecular weight excluding hydrogens is 374 g/mol. The highest BCUT2D eigenvalue weighted by Gasteiger charge is 2.40. The number of carbonyl (C=O) groups excluding carboxylic acids is 2. The molecule has 0 saturated carbocycles. The number of carbonyl (C=O) groups is 2. The number of hydrogen-bond acceptors (Lipinski definition) is 3. The summed E-state index contributed by atoms with van der Waals surface area (Å²) in [6, 6.07) is 7.63. The van der Waals surface area contributed by atoms with Crippen molar-refractivity contribution in [1.29, 1.82) is 0 Å². The molecule has 1 aromatic rings. The Bertz CT molecular complexity index is 698. The molecule has 3 rings (SSSR count). The monoisotopic (exact) mass is 405 g/mol. The number of amides is 2. The number of likely N-dealkylation sites (tertiary alicyclic amines) is 1. The highest BCUT2D eigenvalue weighted by molar-refractivity contribution is 6.30. The Balaban J connectivity index is 1.64. The lowest BCUT2D eigenvalue weighted by Gasteiger charge is -2.45. The fourth-order valence-electron chi connectivity index (χ4n) is 4.58. The van der Waals surface area contributed by atoms with Crippen LogP contribution in [-0.2, 0) is 9.59 Å². The maximum atomic E-state index is 13.1. The van der Waals surface area contributed by atoms with Crippen molar-refractivity contribution in [3.63, 3.8) is 0 Å². The average Bonchev–Trinajstić information content (AvgIpc) is 3.20. The van der Waals surface area contributed by atoms with Crippen molar-refractivity contribution >= 4 is 23.4 Å². The van der Waals surface area contributed by atoms with Crippen molar-refractivity contribution < 1.29 is 9.59 Å². The van der Waals surface area contributed by atoms with E-state index in [-0.39, 0.29) is 23.1 Å². The van der Waals surface area contributed by atoms with Gasteiger partial charge in [0.15, 0.2) is 0 Å². The van der Waals surface area contributed by atoms with E-state index in [9.17, 15) is 9.59 Å². The zero-order chi connectivity index (χ0) is 20.3. The van der Waals surface area contributed by atoms with Crippen molar-refractivity contribution in [2.45, 2.75) is 52.0 Å². The van der Waals surface area contributed by atoms with Gasteiger partial charge >= 0.3 is 0 Å². The summed E-state index contributed by atoms with van der Waals surface area (Å²) in [5.41, 5.74) is 1.23. The molecule has 0 aliphatic carbocycles. The predicted molar refractivity (Wildman–Crippen MR) is 112 cm³/mol. The topological polar surface area (TPSA) is 61.4 Å². The summed E-state index contributed by atoms with van der Waals surface area (Å²) in [4.78, 5) is 27.5. The minimum absolute atomic E-state index is 0.000473. The van der Waals surface area contributed by atoms with Crippen LogP contribution in [0.5, 0.6) is 0 Å². The first-order valence-corrected chi connectivity index (χ1v) is 10.7. The Morgan fingerprint density at radius 3 is 2.57 bits per heavy atom. The Kier molecular flexibility index (Phi) is 6.66. The van der Waals surface area contributed by atoms with Gasteiger partial charge in [-0.05, 0) is 54.8 Å². The van der Waals surface area contributed by atoms with Crippen LogP contribution in [0, 0.1) is 11.3 Å². The van der Waals surface area contributed by atoms with Gasteiger partial charge in [0, 0.05) is 24.7 Å². The molecule has 0 bridgehead atoms. The van der Waals surface area contributed by atoms with Gasteiger partial charge in [0.1, 0.15) is 6.04 Å². The van der Waals surface area contributed by atoms with Crippen LogP contribution < -0.4 is 10.6 Å². The number of benzene rings is 1. The standard InChI is InChI=1S/C22H32ClN3O2/c1-4-19(25-20(27)16-9-11-24-13-16)21(28)26-12-10-18(22(2,3)14-26)15-5-7-17(23)8-6-15/h5-8,16,18-19,24H,4,9-14H2,1-3H3,(H,25,27)/t16-,18?,19-/m1/s1. The third-order valence-electron chi connectivity index (χ3n) is 6.27. The van der Waals surface area contributed by atoms with E-state index in [1.165, 1.54) is 5.56 Å². The first-order chi connectivity index (χ1) is 13.3. The van der Waals surface area contributed by atoms with Crippen LogP contribution in [0.3, 0.4) is 0 Å². The van der Waals surface area contributed by atoms with E-state index in [0.29, 0.717) is 32.0 Å². The average molecular weight is 406 g/mol. The third-order valence-corrected chi connectivity index (χ3v) is 6.52. The fraction of sp³-hybridized carbons (Fsp3) is 0.636. The Labute approximate surface area is 173 Å². The molecule has 2 N–H and O–H groups in total. The van der Waals surface area contributed by atoms with Crippen LogP contribution in [0.25, 0.3) is 0 Å². The van der Waals surface area contributed by atoms with Gasteiger partial charge in [-0.25, -0.2) is 0 Å². The van der Waals surface area contributed by atoms with Crippen molar-refractivity contribution in [1.82, 2.24) is 15.5 Å². The number of rotatable bonds is 5. The van der Waals surface area contributed by atoms with Gasteiger partial charge in [-0.15, -0.1) is 0 Å². The molecule has 5 nitrogen and oxygen atoms in total. The van der Waals surface area contributed by atoms with Crippen molar-refractivity contribution in [3.8, 4) is 0 Å². The molecule has 2 fully saturated rings. The molecule has 28 heavy (non-hydrogen) atoms. The number of hydrogen-bond donors (Lipinski definition) is 2. The number of nitrogens with one attached hydrogen (secondary N) is 2. The van der Waals surface area contributed by atoms with E-state index in [2.05, 4.69) is 36.6 Å². The molecule has 2 aliphatic rings. The first kappa shape index (κ1) is 21.1. The van der Waals surface area contributed by atoms with Gasteiger partial charge < -0.3 is 15.5 Å². The zero-order valence-electron chi connectivity index (χ0n) is 17.1. The molecule has 2 heterocycles. The Hall–Kier alpha value is -1.59. The summed E-state index contributed by atoms with van der Waals surface area (Å²) >= 11 is 6.03. The predicted octanol–water partition coefficient (Wildman–Crippen LogP) is 3.19. The van der Waals surface area contributed by atoms with Crippen molar-refractivity contribution in [2.75, 3.05) is 26.2 Å². The second kappa shape index (κ2) is 8.83. The van der Waals surface area contributed by atoms with Crippen LogP contribution in [0.15, 0.2) is 24.3 Å². The Morgan fingerprint density at radius 2 is 2.00 bits per heavy atom. The highest BCUT2D eigenvalue weighted by Crippen LogP contribution is 2.42. The molecule has 2 saturated heterocycles. The van der Waals surface area contributed by atoms with E-state index in [1.807, 2.05) is 24.0 Å². The summed E-state index contributed by atoms with van der Waals surface area (Å²) in [5.74, 6) is 0.409. The van der Waals surface area contributed by atoms with Gasteiger partial charge in [-0.1, -0.05) is 44.5 Å². The van der Waals surface area contributed by atoms with Gasteiger partial charge in [-0.3, -0.25) is 9.59 Å². The summed E-state index contributed by atoms with van der Waals surface area (Å²) in [7, 11) is 0. The summed E-state index contributed by atoms with van der Waals surface area (Å²) in [5, 5.41) is 6.95. The minimum atomic E-state index is -0.434. The van der Waals surface area contributed by atoms with Crippen LogP contribution in [-0.4, -0.2) is 48.9 Å². The minimum Gasteiger partial charge on any atom is -0.344 e. The maximum absolute atomic E-state index is 13.1. The fourth-order valence-corrected chi connectivity index (χ4v) is 4.71.